The number of anilines is 2. The molecule has 0 aliphatic carbocycles. The highest BCUT2D eigenvalue weighted by atomic mass is 32.1. The molecule has 3 heterocycles. The van der Waals surface area contributed by atoms with Crippen LogP contribution in [0.25, 0.3) is 9.88 Å². The van der Waals surface area contributed by atoms with Gasteiger partial charge in [-0.1, -0.05) is 18.2 Å². The monoisotopic (exact) mass is 411 g/mol. The number of nitrogens with zero attached hydrogens (tertiary/aromatic N) is 1. The van der Waals surface area contributed by atoms with Crippen LogP contribution in [0, 0.1) is 0 Å². The van der Waals surface area contributed by atoms with Crippen molar-refractivity contribution in [1.29, 1.82) is 0 Å². The van der Waals surface area contributed by atoms with Gasteiger partial charge in [0.05, 0.1) is 9.75 Å². The predicted molar refractivity (Wildman–Crippen MR) is 112 cm³/mol. The molecule has 0 bridgehead atoms. The van der Waals surface area contributed by atoms with Gasteiger partial charge in [-0.05, 0) is 41.1 Å². The van der Waals surface area contributed by atoms with Crippen LogP contribution in [0.1, 0.15) is 20.2 Å². The predicted octanol–water partition coefficient (Wildman–Crippen LogP) is 5.44. The molecule has 0 aliphatic rings. The van der Waals surface area contributed by atoms with E-state index in [0.717, 1.165) is 9.88 Å². The van der Waals surface area contributed by atoms with Crippen LogP contribution in [0.5, 0.6) is 0 Å². The fourth-order valence-electron chi connectivity index (χ4n) is 2.36. The molecular formula is C19H13N3O2S3. The van der Waals surface area contributed by atoms with Gasteiger partial charge in [0.2, 0.25) is 0 Å². The Kier molecular flexibility index (Phi) is 5.10. The van der Waals surface area contributed by atoms with Gasteiger partial charge in [-0.15, -0.1) is 34.0 Å². The summed E-state index contributed by atoms with van der Waals surface area (Å²) in [5, 5.41) is 12.1. The lowest BCUT2D eigenvalue weighted by molar-refractivity contribution is 0.101. The van der Waals surface area contributed by atoms with E-state index in [0.29, 0.717) is 21.9 Å². The molecule has 0 aliphatic heterocycles. The zero-order valence-electron chi connectivity index (χ0n) is 13.8. The minimum Gasteiger partial charge on any atom is -0.321 e. The Morgan fingerprint density at radius 2 is 1.56 bits per heavy atom. The highest BCUT2D eigenvalue weighted by molar-refractivity contribution is 7.20. The zero-order chi connectivity index (χ0) is 18.6. The Labute approximate surface area is 167 Å². The van der Waals surface area contributed by atoms with Gasteiger partial charge < -0.3 is 10.6 Å². The molecule has 0 fully saturated rings. The Morgan fingerprint density at radius 3 is 2.26 bits per heavy atom. The van der Waals surface area contributed by atoms with Crippen molar-refractivity contribution in [3.63, 3.8) is 0 Å². The van der Waals surface area contributed by atoms with Crippen molar-refractivity contribution in [2.45, 2.75) is 0 Å². The summed E-state index contributed by atoms with van der Waals surface area (Å²) in [6.45, 7) is 0. The van der Waals surface area contributed by atoms with Crippen LogP contribution in [0.2, 0.25) is 0 Å². The summed E-state index contributed by atoms with van der Waals surface area (Å²) in [5.41, 5.74) is 1.58. The Balaban J connectivity index is 1.45. The number of hydrogen-bond acceptors (Lipinski definition) is 6. The van der Waals surface area contributed by atoms with E-state index in [9.17, 15) is 9.59 Å². The zero-order valence-corrected chi connectivity index (χ0v) is 16.3. The second-order valence-electron chi connectivity index (χ2n) is 5.48. The van der Waals surface area contributed by atoms with E-state index < -0.39 is 0 Å². The third-order valence-corrected chi connectivity index (χ3v) is 6.34. The van der Waals surface area contributed by atoms with Crippen LogP contribution in [-0.2, 0) is 0 Å². The van der Waals surface area contributed by atoms with E-state index in [1.165, 1.54) is 22.7 Å². The number of hydrogen-bond donors (Lipinski definition) is 2. The van der Waals surface area contributed by atoms with Gasteiger partial charge in [-0.3, -0.25) is 9.59 Å². The van der Waals surface area contributed by atoms with Crippen molar-refractivity contribution in [1.82, 2.24) is 4.98 Å². The molecule has 1 aromatic carbocycles. The number of thiophene rings is 2. The number of carbonyl (C=O) groups is 2. The Hall–Kier alpha value is -2.81. The summed E-state index contributed by atoms with van der Waals surface area (Å²) < 4.78 is 0. The Bertz CT molecular complexity index is 1070. The van der Waals surface area contributed by atoms with Crippen LogP contribution in [0.3, 0.4) is 0 Å². The first-order valence-electron chi connectivity index (χ1n) is 7.95. The molecule has 134 valence electrons. The normalized spacial score (nSPS) is 10.5. The van der Waals surface area contributed by atoms with Crippen LogP contribution in [0.4, 0.5) is 11.4 Å². The molecule has 8 heteroatoms. The molecule has 4 aromatic rings. The molecule has 3 aromatic heterocycles. The highest BCUT2D eigenvalue weighted by Crippen LogP contribution is 2.28. The van der Waals surface area contributed by atoms with Crippen molar-refractivity contribution in [3.8, 4) is 9.88 Å². The first kappa shape index (κ1) is 17.6. The number of aromatic nitrogens is 1. The molecule has 5 nitrogen and oxygen atoms in total. The molecule has 0 saturated heterocycles. The first-order valence-corrected chi connectivity index (χ1v) is 10.6. The lowest BCUT2D eigenvalue weighted by Gasteiger charge is -2.07. The van der Waals surface area contributed by atoms with E-state index in [1.54, 1.807) is 47.0 Å². The van der Waals surface area contributed by atoms with Gasteiger partial charge in [0.15, 0.2) is 0 Å². The van der Waals surface area contributed by atoms with Gasteiger partial charge in [-0.2, -0.15) is 0 Å². The first-order chi connectivity index (χ1) is 13.2. The fraction of sp³-hybridized carbons (Fsp3) is 0. The third kappa shape index (κ3) is 4.13. The average Bonchev–Trinajstić information content (AvgIpc) is 3.43. The fourth-order valence-corrected chi connectivity index (χ4v) is 4.59. The van der Waals surface area contributed by atoms with Crippen LogP contribution in [-0.4, -0.2) is 16.8 Å². The molecule has 0 spiro atoms. The summed E-state index contributed by atoms with van der Waals surface area (Å²) in [5.74, 6) is -0.454. The van der Waals surface area contributed by atoms with Crippen LogP contribution < -0.4 is 10.6 Å². The largest absolute Gasteiger partial charge is 0.321 e. The molecule has 2 N–H and O–H groups in total. The van der Waals surface area contributed by atoms with Gasteiger partial charge in [0.1, 0.15) is 10.7 Å². The van der Waals surface area contributed by atoms with Gasteiger partial charge in [0, 0.05) is 16.8 Å². The maximum Gasteiger partial charge on any atom is 0.275 e. The van der Waals surface area contributed by atoms with Crippen molar-refractivity contribution in [2.75, 3.05) is 10.6 Å². The topological polar surface area (TPSA) is 71.1 Å². The number of thiazole rings is 1. The van der Waals surface area contributed by atoms with Crippen molar-refractivity contribution in [3.05, 3.63) is 75.2 Å². The molecule has 0 saturated carbocycles. The quantitative estimate of drug-likeness (QED) is 0.459. The van der Waals surface area contributed by atoms with Crippen LogP contribution >= 0.6 is 34.0 Å². The molecular weight excluding hydrogens is 398 g/mol. The molecule has 2 amide bonds. The second kappa shape index (κ2) is 7.83. The maximum absolute atomic E-state index is 12.5. The molecule has 0 radical (unpaired) electrons. The van der Waals surface area contributed by atoms with E-state index >= 15 is 0 Å². The standard InChI is InChI=1S/C19H13N3O2S3/c23-17(14-11-27-19(22-14)16-7-3-9-26-16)20-12-4-1-5-13(10-12)21-18(24)15-6-2-8-25-15/h1-11H,(H,20,23)(H,21,24). The Morgan fingerprint density at radius 1 is 0.815 bits per heavy atom. The highest BCUT2D eigenvalue weighted by Gasteiger charge is 2.13. The van der Waals surface area contributed by atoms with Gasteiger partial charge >= 0.3 is 0 Å². The average molecular weight is 412 g/mol. The summed E-state index contributed by atoms with van der Waals surface area (Å²) in [6, 6.07) is 14.6. The number of rotatable bonds is 5. The van der Waals surface area contributed by atoms with E-state index in [2.05, 4.69) is 15.6 Å². The maximum atomic E-state index is 12.5. The minimum atomic E-state index is -0.282. The number of nitrogens with one attached hydrogen (secondary N) is 2. The van der Waals surface area contributed by atoms with E-state index in [1.807, 2.05) is 29.0 Å². The molecule has 0 atom stereocenters. The van der Waals surface area contributed by atoms with Crippen molar-refractivity contribution < 1.29 is 9.59 Å². The third-order valence-electron chi connectivity index (χ3n) is 3.59. The van der Waals surface area contributed by atoms with E-state index in [-0.39, 0.29) is 11.8 Å². The summed E-state index contributed by atoms with van der Waals surface area (Å²) >= 11 is 4.40. The molecule has 0 unspecified atom stereocenters. The summed E-state index contributed by atoms with van der Waals surface area (Å²) in [4.78, 5) is 30.7. The van der Waals surface area contributed by atoms with E-state index in [4.69, 9.17) is 0 Å². The SMILES string of the molecule is O=C(Nc1cccc(NC(=O)c2cccs2)c1)c1csc(-c2cccs2)n1. The summed E-state index contributed by atoms with van der Waals surface area (Å²) in [7, 11) is 0. The van der Waals surface area contributed by atoms with Crippen molar-refractivity contribution in [2.24, 2.45) is 0 Å². The van der Waals surface area contributed by atoms with Crippen LogP contribution in [0.15, 0.2) is 64.7 Å². The lowest BCUT2D eigenvalue weighted by Crippen LogP contribution is -2.13. The summed E-state index contributed by atoms with van der Waals surface area (Å²) in [6.07, 6.45) is 0. The smallest absolute Gasteiger partial charge is 0.275 e. The van der Waals surface area contributed by atoms with Gasteiger partial charge in [0.25, 0.3) is 11.8 Å². The van der Waals surface area contributed by atoms with Gasteiger partial charge in [-0.25, -0.2) is 4.98 Å². The number of amides is 2. The number of benzene rings is 1. The lowest BCUT2D eigenvalue weighted by atomic mass is 10.2. The molecule has 27 heavy (non-hydrogen) atoms. The second-order valence-corrected chi connectivity index (χ2v) is 8.24. The number of carbonyl (C=O) groups excluding carboxylic acids is 2. The van der Waals surface area contributed by atoms with Crippen molar-refractivity contribution >= 4 is 57.2 Å². The minimum absolute atomic E-state index is 0.173. The molecule has 4 rings (SSSR count).